The number of benzene rings is 1. The number of nitrogens with one attached hydrogen (secondary N) is 1. The maximum absolute atomic E-state index is 11.6. The summed E-state index contributed by atoms with van der Waals surface area (Å²) in [5, 5.41) is 21.0. The fraction of sp³-hybridized carbons (Fsp3) is 0.333. The van der Waals surface area contributed by atoms with Crippen LogP contribution in [0, 0.1) is 0 Å². The molecule has 6 nitrogen and oxygen atoms in total. The Morgan fingerprint density at radius 1 is 1.33 bits per heavy atom. The van der Waals surface area contributed by atoms with Crippen LogP contribution in [0.4, 0.5) is 0 Å². The van der Waals surface area contributed by atoms with E-state index in [2.05, 4.69) is 5.32 Å². The van der Waals surface area contributed by atoms with Crippen molar-refractivity contribution in [2.45, 2.75) is 13.3 Å². The Balaban J connectivity index is 2.48. The van der Waals surface area contributed by atoms with E-state index in [1.165, 1.54) is 12.1 Å². The molecule has 0 heterocycles. The molecule has 0 saturated heterocycles. The molecule has 0 saturated carbocycles. The first kappa shape index (κ1) is 13.8. The first-order valence-corrected chi connectivity index (χ1v) is 5.50. The van der Waals surface area contributed by atoms with Gasteiger partial charge in [-0.3, -0.25) is 9.59 Å². The minimum atomic E-state index is -0.517. The number of amides is 1. The summed E-state index contributed by atoms with van der Waals surface area (Å²) in [6, 6.07) is 3.66. The van der Waals surface area contributed by atoms with E-state index in [4.69, 9.17) is 9.84 Å². The highest BCUT2D eigenvalue weighted by Crippen LogP contribution is 2.22. The van der Waals surface area contributed by atoms with E-state index in [0.717, 1.165) is 6.07 Å². The van der Waals surface area contributed by atoms with E-state index in [0.29, 0.717) is 6.61 Å². The highest BCUT2D eigenvalue weighted by molar-refractivity contribution is 5.97. The molecule has 1 amide bonds. The molecule has 0 fully saturated rings. The Kier molecular flexibility index (Phi) is 4.98. The number of carbonyl (C=O) groups is 2. The molecule has 0 atom stereocenters. The van der Waals surface area contributed by atoms with Gasteiger partial charge in [0.15, 0.2) is 0 Å². The zero-order valence-corrected chi connectivity index (χ0v) is 9.97. The van der Waals surface area contributed by atoms with Crippen molar-refractivity contribution in [1.82, 2.24) is 5.32 Å². The smallest absolute Gasteiger partial charge is 0.307 e. The summed E-state index contributed by atoms with van der Waals surface area (Å²) in [5.41, 5.74) is 0.0386. The van der Waals surface area contributed by atoms with E-state index in [9.17, 15) is 14.7 Å². The largest absolute Gasteiger partial charge is 0.508 e. The maximum atomic E-state index is 11.6. The van der Waals surface area contributed by atoms with Gasteiger partial charge >= 0.3 is 5.97 Å². The number of esters is 1. The van der Waals surface area contributed by atoms with Gasteiger partial charge in [0.1, 0.15) is 11.5 Å². The number of phenols is 2. The molecule has 0 radical (unpaired) electrons. The first-order valence-electron chi connectivity index (χ1n) is 5.50. The van der Waals surface area contributed by atoms with E-state index >= 15 is 0 Å². The second-order valence-electron chi connectivity index (χ2n) is 3.51. The minimum Gasteiger partial charge on any atom is -0.508 e. The van der Waals surface area contributed by atoms with Gasteiger partial charge in [-0.1, -0.05) is 0 Å². The zero-order chi connectivity index (χ0) is 13.5. The summed E-state index contributed by atoms with van der Waals surface area (Å²) in [7, 11) is 0. The van der Waals surface area contributed by atoms with Crippen molar-refractivity contribution < 1.29 is 24.5 Å². The van der Waals surface area contributed by atoms with E-state index in [-0.39, 0.29) is 30.0 Å². The van der Waals surface area contributed by atoms with Gasteiger partial charge in [-0.25, -0.2) is 0 Å². The van der Waals surface area contributed by atoms with Crippen molar-refractivity contribution >= 4 is 11.9 Å². The highest BCUT2D eigenvalue weighted by atomic mass is 16.5. The van der Waals surface area contributed by atoms with Gasteiger partial charge in [-0.15, -0.1) is 0 Å². The van der Waals surface area contributed by atoms with Crippen LogP contribution in [-0.4, -0.2) is 35.2 Å². The molecule has 98 valence electrons. The van der Waals surface area contributed by atoms with E-state index in [1.54, 1.807) is 6.92 Å². The molecule has 0 aromatic heterocycles. The predicted molar refractivity (Wildman–Crippen MR) is 63.4 cm³/mol. The number of hydrogen-bond donors (Lipinski definition) is 3. The average molecular weight is 253 g/mol. The van der Waals surface area contributed by atoms with Crippen LogP contribution in [-0.2, 0) is 9.53 Å². The topological polar surface area (TPSA) is 95.9 Å². The number of ether oxygens (including phenoxy) is 1. The van der Waals surface area contributed by atoms with Crippen LogP contribution in [0.15, 0.2) is 18.2 Å². The van der Waals surface area contributed by atoms with Gasteiger partial charge < -0.3 is 20.3 Å². The van der Waals surface area contributed by atoms with E-state index in [1.807, 2.05) is 0 Å². The zero-order valence-electron chi connectivity index (χ0n) is 9.97. The molecule has 1 aromatic carbocycles. The first-order chi connectivity index (χ1) is 8.54. The molecule has 0 bridgehead atoms. The normalized spacial score (nSPS) is 9.83. The summed E-state index contributed by atoms with van der Waals surface area (Å²) in [5.74, 6) is -1.36. The van der Waals surface area contributed by atoms with Gasteiger partial charge in [0.2, 0.25) is 0 Å². The van der Waals surface area contributed by atoms with Crippen LogP contribution in [0.2, 0.25) is 0 Å². The molecule has 0 aliphatic rings. The lowest BCUT2D eigenvalue weighted by Crippen LogP contribution is -2.26. The molecule has 18 heavy (non-hydrogen) atoms. The van der Waals surface area contributed by atoms with Crippen LogP contribution >= 0.6 is 0 Å². The van der Waals surface area contributed by atoms with Crippen LogP contribution in [0.1, 0.15) is 23.7 Å². The average Bonchev–Trinajstić information content (AvgIpc) is 2.29. The quantitative estimate of drug-likeness (QED) is 0.674. The molecule has 0 aliphatic heterocycles. The summed E-state index contributed by atoms with van der Waals surface area (Å²) in [4.78, 5) is 22.6. The number of aromatic hydroxyl groups is 2. The monoisotopic (exact) mass is 253 g/mol. The summed E-state index contributed by atoms with van der Waals surface area (Å²) >= 11 is 0. The lowest BCUT2D eigenvalue weighted by Gasteiger charge is -2.06. The van der Waals surface area contributed by atoms with Crippen LogP contribution in [0.3, 0.4) is 0 Å². The predicted octanol–water partition coefficient (Wildman–Crippen LogP) is 0.781. The molecule has 1 aromatic rings. The summed E-state index contributed by atoms with van der Waals surface area (Å²) in [6.45, 7) is 2.12. The van der Waals surface area contributed by atoms with Crippen molar-refractivity contribution in [3.8, 4) is 11.5 Å². The Morgan fingerprint density at radius 3 is 2.67 bits per heavy atom. The Morgan fingerprint density at radius 2 is 2.06 bits per heavy atom. The van der Waals surface area contributed by atoms with Gasteiger partial charge in [0.25, 0.3) is 5.91 Å². The Labute approximate surface area is 104 Å². The molecular weight excluding hydrogens is 238 g/mol. The molecule has 0 unspecified atom stereocenters. The second-order valence-corrected chi connectivity index (χ2v) is 3.51. The van der Waals surface area contributed by atoms with Gasteiger partial charge in [0.05, 0.1) is 18.6 Å². The SMILES string of the molecule is CCOC(=O)CCNC(=O)c1ccc(O)cc1O. The fourth-order valence-electron chi connectivity index (χ4n) is 1.32. The van der Waals surface area contributed by atoms with Crippen LogP contribution < -0.4 is 5.32 Å². The van der Waals surface area contributed by atoms with Crippen molar-refractivity contribution in [1.29, 1.82) is 0 Å². The molecule has 1 rings (SSSR count). The lowest BCUT2D eigenvalue weighted by molar-refractivity contribution is -0.142. The number of carbonyl (C=O) groups excluding carboxylic acids is 2. The van der Waals surface area contributed by atoms with Crippen LogP contribution in [0.25, 0.3) is 0 Å². The number of phenolic OH excluding ortho intramolecular Hbond substituents is 2. The van der Waals surface area contributed by atoms with Gasteiger partial charge in [-0.05, 0) is 19.1 Å². The maximum Gasteiger partial charge on any atom is 0.307 e. The molecular formula is C12H15NO5. The molecule has 6 heteroatoms. The third-order valence-corrected chi connectivity index (χ3v) is 2.15. The van der Waals surface area contributed by atoms with Crippen molar-refractivity contribution in [2.75, 3.05) is 13.2 Å². The summed E-state index contributed by atoms with van der Waals surface area (Å²) < 4.78 is 4.70. The van der Waals surface area contributed by atoms with Gasteiger partial charge in [0, 0.05) is 12.6 Å². The van der Waals surface area contributed by atoms with E-state index < -0.39 is 11.9 Å². The van der Waals surface area contributed by atoms with Crippen molar-refractivity contribution in [3.63, 3.8) is 0 Å². The highest BCUT2D eigenvalue weighted by Gasteiger charge is 2.11. The standard InChI is InChI=1S/C12H15NO5/c1-2-18-11(16)5-6-13-12(17)9-4-3-8(14)7-10(9)15/h3-4,7,14-15H,2,5-6H2,1H3,(H,13,17). The number of rotatable bonds is 5. The Bertz CT molecular complexity index is 444. The van der Waals surface area contributed by atoms with Crippen molar-refractivity contribution in [2.24, 2.45) is 0 Å². The van der Waals surface area contributed by atoms with Gasteiger partial charge in [-0.2, -0.15) is 0 Å². The molecule has 3 N–H and O–H groups in total. The lowest BCUT2D eigenvalue weighted by atomic mass is 10.2. The molecule has 0 aliphatic carbocycles. The minimum absolute atomic E-state index is 0.0386. The Hall–Kier alpha value is -2.24. The van der Waals surface area contributed by atoms with Crippen LogP contribution in [0.5, 0.6) is 11.5 Å². The molecule has 0 spiro atoms. The third kappa shape index (κ3) is 3.97. The number of hydrogen-bond acceptors (Lipinski definition) is 5. The summed E-state index contributed by atoms with van der Waals surface area (Å²) in [6.07, 6.45) is 0.0679. The third-order valence-electron chi connectivity index (χ3n) is 2.15. The second kappa shape index (κ2) is 6.48. The van der Waals surface area contributed by atoms with Crippen molar-refractivity contribution in [3.05, 3.63) is 23.8 Å². The fourth-order valence-corrected chi connectivity index (χ4v) is 1.32.